The van der Waals surface area contributed by atoms with Crippen LogP contribution in [0.2, 0.25) is 0 Å². The zero-order chi connectivity index (χ0) is 22.9. The molecule has 2 aromatic carbocycles. The summed E-state index contributed by atoms with van der Waals surface area (Å²) in [6.45, 7) is 6.37. The molecule has 170 valence electrons. The molecule has 4 rings (SSSR count). The number of aryl methyl sites for hydroxylation is 2. The van der Waals surface area contributed by atoms with E-state index in [0.717, 1.165) is 54.4 Å². The first-order chi connectivity index (χ1) is 15.4. The van der Waals surface area contributed by atoms with E-state index in [4.69, 9.17) is 4.74 Å². The number of carbonyl (C=O) groups is 2. The fourth-order valence-corrected chi connectivity index (χ4v) is 5.69. The lowest BCUT2D eigenvalue weighted by molar-refractivity contribution is 0.0504. The lowest BCUT2D eigenvalue weighted by atomic mass is 9.78. The van der Waals surface area contributed by atoms with Crippen molar-refractivity contribution in [3.63, 3.8) is 0 Å². The number of carbonyl (C=O) groups excluding carboxylic acids is 2. The molecule has 2 aromatic rings. The summed E-state index contributed by atoms with van der Waals surface area (Å²) in [5, 5.41) is 3.41. The fraction of sp³-hybridized carbons (Fsp3) is 0.481. The normalized spacial score (nSPS) is 23.2. The molecule has 32 heavy (non-hydrogen) atoms. The molecule has 1 N–H and O–H groups in total. The van der Waals surface area contributed by atoms with Gasteiger partial charge < -0.3 is 10.1 Å². The van der Waals surface area contributed by atoms with E-state index in [9.17, 15) is 9.59 Å². The van der Waals surface area contributed by atoms with Gasteiger partial charge in [-0.15, -0.1) is 0 Å². The maximum absolute atomic E-state index is 13.5. The number of esters is 1. The Morgan fingerprint density at radius 3 is 2.25 bits per heavy atom. The minimum atomic E-state index is -0.299. The molecule has 2 heterocycles. The van der Waals surface area contributed by atoms with Crippen molar-refractivity contribution in [2.45, 2.75) is 70.5 Å². The number of nitrogens with zero attached hydrogens (tertiary/aromatic N) is 1. The first-order valence-corrected chi connectivity index (χ1v) is 11.7. The number of hydrogen-bond acceptors (Lipinski definition) is 4. The monoisotopic (exact) mass is 434 g/mol. The molecule has 2 aliphatic rings. The Morgan fingerprint density at radius 2 is 1.72 bits per heavy atom. The average molecular weight is 435 g/mol. The summed E-state index contributed by atoms with van der Waals surface area (Å²) in [6.07, 6.45) is 5.24. The maximum atomic E-state index is 13.5. The van der Waals surface area contributed by atoms with Gasteiger partial charge in [0.05, 0.1) is 18.2 Å². The Morgan fingerprint density at radius 1 is 1.09 bits per heavy atom. The Labute approximate surface area is 191 Å². The van der Waals surface area contributed by atoms with Gasteiger partial charge in [-0.3, -0.25) is 9.69 Å². The summed E-state index contributed by atoms with van der Waals surface area (Å²) in [4.78, 5) is 28.2. The first-order valence-electron chi connectivity index (χ1n) is 11.7. The van der Waals surface area contributed by atoms with Gasteiger partial charge >= 0.3 is 5.97 Å². The Hall–Kier alpha value is -2.66. The predicted molar refractivity (Wildman–Crippen MR) is 126 cm³/mol. The second-order valence-electron chi connectivity index (χ2n) is 9.38. The van der Waals surface area contributed by atoms with Crippen LogP contribution in [0.25, 0.3) is 0 Å². The van der Waals surface area contributed by atoms with E-state index in [-0.39, 0.29) is 23.5 Å². The van der Waals surface area contributed by atoms with Gasteiger partial charge in [-0.05, 0) is 81.8 Å². The largest absolute Gasteiger partial charge is 0.462 e. The highest BCUT2D eigenvalue weighted by Crippen LogP contribution is 2.51. The molecule has 0 radical (unpaired) electrons. The van der Waals surface area contributed by atoms with Crippen LogP contribution < -0.4 is 5.32 Å². The Bertz CT molecular complexity index is 970. The topological polar surface area (TPSA) is 58.6 Å². The minimum Gasteiger partial charge on any atom is -0.462 e. The van der Waals surface area contributed by atoms with Gasteiger partial charge in [0.25, 0.3) is 5.91 Å². The lowest BCUT2D eigenvalue weighted by Crippen LogP contribution is -2.51. The van der Waals surface area contributed by atoms with Crippen molar-refractivity contribution < 1.29 is 14.3 Å². The molecule has 0 spiro atoms. The average Bonchev–Trinajstić information content (AvgIpc) is 3.28. The highest BCUT2D eigenvalue weighted by Gasteiger charge is 2.54. The van der Waals surface area contributed by atoms with Gasteiger partial charge in [0.1, 0.15) is 0 Å². The summed E-state index contributed by atoms with van der Waals surface area (Å²) in [6, 6.07) is 14.0. The zero-order valence-electron chi connectivity index (χ0n) is 19.6. The van der Waals surface area contributed by atoms with E-state index >= 15 is 0 Å². The summed E-state index contributed by atoms with van der Waals surface area (Å²) >= 11 is 0. The van der Waals surface area contributed by atoms with Crippen molar-refractivity contribution in [1.82, 2.24) is 10.2 Å². The number of nitrogens with one attached hydrogen (secondary N) is 1. The third kappa shape index (κ3) is 3.95. The van der Waals surface area contributed by atoms with E-state index in [2.05, 4.69) is 17.3 Å². The Balaban J connectivity index is 1.66. The number of amides is 1. The maximum Gasteiger partial charge on any atom is 0.338 e. The standard InChI is InChI=1S/C27H34N2O3/c1-5-17-32-26(31)21-11-9-20(10-12-21)24(27-15-13-22(14-16-27)29(27)4)28-25(30)23-18(2)7-6-8-19(23)3/h6-12,22,24H,5,13-17H2,1-4H3,(H,28,30). The van der Waals surface area contributed by atoms with Gasteiger partial charge in [0, 0.05) is 17.1 Å². The van der Waals surface area contributed by atoms with Gasteiger partial charge in [-0.25, -0.2) is 4.79 Å². The van der Waals surface area contributed by atoms with E-state index in [0.29, 0.717) is 18.2 Å². The summed E-state index contributed by atoms with van der Waals surface area (Å²) in [5.41, 5.74) is 4.20. The van der Waals surface area contributed by atoms with Crippen LogP contribution in [-0.2, 0) is 4.74 Å². The minimum absolute atomic E-state index is 0.0323. The predicted octanol–water partition coefficient (Wildman–Crippen LogP) is 4.97. The third-order valence-electron chi connectivity index (χ3n) is 7.51. The van der Waals surface area contributed by atoms with Crippen molar-refractivity contribution in [2.24, 2.45) is 0 Å². The fourth-order valence-electron chi connectivity index (χ4n) is 5.69. The van der Waals surface area contributed by atoms with Crippen molar-refractivity contribution >= 4 is 11.9 Å². The molecular formula is C27H34N2O3. The number of ether oxygens (including phenoxy) is 1. The second kappa shape index (κ2) is 9.07. The number of fused-ring (bicyclic) bond motifs is 2. The van der Waals surface area contributed by atoms with Crippen molar-refractivity contribution in [1.29, 1.82) is 0 Å². The van der Waals surface area contributed by atoms with E-state index in [1.165, 1.54) is 0 Å². The van der Waals surface area contributed by atoms with Gasteiger partial charge in [0.2, 0.25) is 0 Å². The SMILES string of the molecule is CCCOC(=O)c1ccc(C(NC(=O)c2c(C)cccc2C)C23CCC(CC2)N3C)cc1. The van der Waals surface area contributed by atoms with Crippen LogP contribution in [0.3, 0.4) is 0 Å². The number of rotatable bonds is 7. The van der Waals surface area contributed by atoms with Gasteiger partial charge in [-0.1, -0.05) is 37.3 Å². The Kier molecular flexibility index (Phi) is 6.38. The molecule has 5 heteroatoms. The molecule has 0 aliphatic carbocycles. The van der Waals surface area contributed by atoms with Gasteiger partial charge in [0.15, 0.2) is 0 Å². The van der Waals surface area contributed by atoms with Crippen LogP contribution in [0.4, 0.5) is 0 Å². The lowest BCUT2D eigenvalue weighted by Gasteiger charge is -2.41. The molecule has 2 aliphatic heterocycles. The van der Waals surface area contributed by atoms with Gasteiger partial charge in [-0.2, -0.15) is 0 Å². The summed E-state index contributed by atoms with van der Waals surface area (Å²) < 4.78 is 5.27. The number of benzene rings is 2. The van der Waals surface area contributed by atoms with E-state index < -0.39 is 0 Å². The molecular weight excluding hydrogens is 400 g/mol. The quantitative estimate of drug-likeness (QED) is 0.625. The van der Waals surface area contributed by atoms with Crippen LogP contribution in [-0.4, -0.2) is 42.0 Å². The molecule has 5 nitrogen and oxygen atoms in total. The highest BCUT2D eigenvalue weighted by atomic mass is 16.5. The number of likely N-dealkylation sites (N-methyl/N-ethyl adjacent to an activating group) is 1. The number of hydrogen-bond donors (Lipinski definition) is 1. The molecule has 1 amide bonds. The summed E-state index contributed by atoms with van der Waals surface area (Å²) in [7, 11) is 2.19. The molecule has 1 atom stereocenters. The van der Waals surface area contributed by atoms with Crippen LogP contribution in [0, 0.1) is 13.8 Å². The highest BCUT2D eigenvalue weighted by molar-refractivity contribution is 5.97. The molecule has 2 fully saturated rings. The van der Waals surface area contributed by atoms with Crippen LogP contribution in [0.1, 0.15) is 82.5 Å². The molecule has 0 saturated carbocycles. The van der Waals surface area contributed by atoms with Crippen LogP contribution in [0.5, 0.6) is 0 Å². The summed E-state index contributed by atoms with van der Waals surface area (Å²) in [5.74, 6) is -0.332. The third-order valence-corrected chi connectivity index (χ3v) is 7.51. The van der Waals surface area contributed by atoms with Crippen LogP contribution >= 0.6 is 0 Å². The van der Waals surface area contributed by atoms with Crippen molar-refractivity contribution in [3.05, 3.63) is 70.3 Å². The molecule has 1 unspecified atom stereocenters. The van der Waals surface area contributed by atoms with E-state index in [1.54, 1.807) is 0 Å². The molecule has 2 saturated heterocycles. The second-order valence-corrected chi connectivity index (χ2v) is 9.38. The van der Waals surface area contributed by atoms with Crippen molar-refractivity contribution in [3.8, 4) is 0 Å². The van der Waals surface area contributed by atoms with E-state index in [1.807, 2.05) is 63.2 Å². The van der Waals surface area contributed by atoms with Crippen molar-refractivity contribution in [2.75, 3.05) is 13.7 Å². The first kappa shape index (κ1) is 22.5. The molecule has 0 aromatic heterocycles. The smallest absolute Gasteiger partial charge is 0.338 e. The zero-order valence-corrected chi connectivity index (χ0v) is 19.6. The molecule has 2 bridgehead atoms. The van der Waals surface area contributed by atoms with Crippen LogP contribution in [0.15, 0.2) is 42.5 Å².